The Balaban J connectivity index is 1.90. The fraction of sp³-hybridized carbons (Fsp3) is 0.643. The Bertz CT molecular complexity index is 430. The maximum atomic E-state index is 12.3. The minimum absolute atomic E-state index is 0.0677. The van der Waals surface area contributed by atoms with E-state index in [1.54, 1.807) is 18.6 Å². The van der Waals surface area contributed by atoms with Crippen LogP contribution >= 0.6 is 0 Å². The van der Waals surface area contributed by atoms with Crippen molar-refractivity contribution in [3.8, 4) is 0 Å². The van der Waals surface area contributed by atoms with Crippen LogP contribution in [0, 0.1) is 5.92 Å². The molecule has 0 bridgehead atoms. The molecule has 1 fully saturated rings. The SMILES string of the molecule is CC[C@H](C)[C@H](N)C(=O)N1CCN(c2cnccn2)CC1. The van der Waals surface area contributed by atoms with E-state index in [0.29, 0.717) is 13.1 Å². The van der Waals surface area contributed by atoms with E-state index in [-0.39, 0.29) is 17.9 Å². The van der Waals surface area contributed by atoms with Crippen LogP contribution in [0.15, 0.2) is 18.6 Å². The lowest BCUT2D eigenvalue weighted by atomic mass is 9.98. The summed E-state index contributed by atoms with van der Waals surface area (Å²) in [6, 6.07) is -0.386. The van der Waals surface area contributed by atoms with Crippen LogP contribution in [0.3, 0.4) is 0 Å². The highest BCUT2D eigenvalue weighted by Crippen LogP contribution is 2.14. The highest BCUT2D eigenvalue weighted by atomic mass is 16.2. The first-order valence-corrected chi connectivity index (χ1v) is 7.18. The molecule has 0 aliphatic carbocycles. The molecule has 0 spiro atoms. The van der Waals surface area contributed by atoms with Crippen molar-refractivity contribution in [3.63, 3.8) is 0 Å². The zero-order valence-corrected chi connectivity index (χ0v) is 12.2. The first kappa shape index (κ1) is 14.7. The molecule has 2 N–H and O–H groups in total. The largest absolute Gasteiger partial charge is 0.352 e. The molecular weight excluding hydrogens is 254 g/mol. The molecule has 1 aliphatic rings. The predicted octanol–water partition coefficient (Wildman–Crippen LogP) is 0.499. The number of carbonyl (C=O) groups excluding carboxylic acids is 1. The van der Waals surface area contributed by atoms with Gasteiger partial charge in [0.1, 0.15) is 5.82 Å². The molecule has 2 heterocycles. The van der Waals surface area contributed by atoms with Gasteiger partial charge in [0.25, 0.3) is 0 Å². The molecule has 6 heteroatoms. The third-order valence-electron chi connectivity index (χ3n) is 4.01. The number of amides is 1. The van der Waals surface area contributed by atoms with E-state index in [2.05, 4.69) is 21.8 Å². The summed E-state index contributed by atoms with van der Waals surface area (Å²) in [5, 5.41) is 0. The van der Waals surface area contributed by atoms with Crippen LogP contribution in [-0.2, 0) is 4.79 Å². The summed E-state index contributed by atoms with van der Waals surface area (Å²) < 4.78 is 0. The van der Waals surface area contributed by atoms with Crippen molar-refractivity contribution in [2.45, 2.75) is 26.3 Å². The average Bonchev–Trinajstić information content (AvgIpc) is 2.53. The number of piperazine rings is 1. The number of nitrogens with two attached hydrogens (primary N) is 1. The zero-order valence-electron chi connectivity index (χ0n) is 12.2. The molecule has 0 saturated carbocycles. The Hall–Kier alpha value is -1.69. The van der Waals surface area contributed by atoms with Crippen molar-refractivity contribution in [1.29, 1.82) is 0 Å². The first-order chi connectivity index (χ1) is 9.63. The molecule has 2 atom stereocenters. The van der Waals surface area contributed by atoms with Crippen LogP contribution in [-0.4, -0.2) is 53.0 Å². The van der Waals surface area contributed by atoms with Crippen LogP contribution in [0.5, 0.6) is 0 Å². The van der Waals surface area contributed by atoms with Gasteiger partial charge in [0.2, 0.25) is 5.91 Å². The van der Waals surface area contributed by atoms with Gasteiger partial charge in [-0.1, -0.05) is 20.3 Å². The maximum absolute atomic E-state index is 12.3. The Morgan fingerprint density at radius 1 is 1.35 bits per heavy atom. The molecule has 1 aliphatic heterocycles. The van der Waals surface area contributed by atoms with Crippen LogP contribution in [0.4, 0.5) is 5.82 Å². The van der Waals surface area contributed by atoms with Gasteiger partial charge >= 0.3 is 0 Å². The molecule has 2 rings (SSSR count). The quantitative estimate of drug-likeness (QED) is 0.867. The number of carbonyl (C=O) groups is 1. The summed E-state index contributed by atoms with van der Waals surface area (Å²) in [6.07, 6.45) is 6.02. The minimum atomic E-state index is -0.386. The number of aromatic nitrogens is 2. The third-order valence-corrected chi connectivity index (χ3v) is 4.01. The van der Waals surface area contributed by atoms with Crippen molar-refractivity contribution in [2.75, 3.05) is 31.1 Å². The monoisotopic (exact) mass is 277 g/mol. The number of hydrogen-bond acceptors (Lipinski definition) is 5. The lowest BCUT2D eigenvalue weighted by Crippen LogP contribution is -2.54. The van der Waals surface area contributed by atoms with Gasteiger partial charge in [-0.25, -0.2) is 4.98 Å². The van der Waals surface area contributed by atoms with Gasteiger partial charge in [-0.05, 0) is 5.92 Å². The molecule has 1 amide bonds. The van der Waals surface area contributed by atoms with Gasteiger partial charge in [0.05, 0.1) is 12.2 Å². The second-order valence-electron chi connectivity index (χ2n) is 5.29. The van der Waals surface area contributed by atoms with Gasteiger partial charge in [-0.3, -0.25) is 9.78 Å². The van der Waals surface area contributed by atoms with Crippen LogP contribution < -0.4 is 10.6 Å². The number of rotatable bonds is 4. The van der Waals surface area contributed by atoms with Gasteiger partial charge in [-0.2, -0.15) is 0 Å². The van der Waals surface area contributed by atoms with E-state index in [1.165, 1.54) is 0 Å². The smallest absolute Gasteiger partial charge is 0.239 e. The summed E-state index contributed by atoms with van der Waals surface area (Å²) in [5.41, 5.74) is 6.02. The van der Waals surface area contributed by atoms with Gasteiger partial charge in [0.15, 0.2) is 0 Å². The fourth-order valence-corrected chi connectivity index (χ4v) is 2.32. The van der Waals surface area contributed by atoms with Gasteiger partial charge in [0, 0.05) is 38.6 Å². The van der Waals surface area contributed by atoms with Crippen LogP contribution in [0.1, 0.15) is 20.3 Å². The second-order valence-corrected chi connectivity index (χ2v) is 5.29. The van der Waals surface area contributed by atoms with Crippen molar-refractivity contribution in [1.82, 2.24) is 14.9 Å². The molecule has 0 radical (unpaired) electrons. The molecule has 1 aromatic rings. The number of anilines is 1. The molecule has 20 heavy (non-hydrogen) atoms. The van der Waals surface area contributed by atoms with E-state index >= 15 is 0 Å². The number of hydrogen-bond donors (Lipinski definition) is 1. The van der Waals surface area contributed by atoms with E-state index in [1.807, 2.05) is 11.8 Å². The lowest BCUT2D eigenvalue weighted by molar-refractivity contribution is -0.134. The normalized spacial score (nSPS) is 18.8. The minimum Gasteiger partial charge on any atom is -0.352 e. The van der Waals surface area contributed by atoms with Crippen molar-refractivity contribution in [3.05, 3.63) is 18.6 Å². The molecule has 0 unspecified atom stereocenters. The lowest BCUT2D eigenvalue weighted by Gasteiger charge is -2.37. The van der Waals surface area contributed by atoms with E-state index < -0.39 is 0 Å². The fourth-order valence-electron chi connectivity index (χ4n) is 2.32. The summed E-state index contributed by atoms with van der Waals surface area (Å²) in [5.74, 6) is 1.16. The highest BCUT2D eigenvalue weighted by molar-refractivity contribution is 5.82. The Kier molecular flexibility index (Phi) is 4.89. The Morgan fingerprint density at radius 3 is 2.60 bits per heavy atom. The summed E-state index contributed by atoms with van der Waals surface area (Å²) >= 11 is 0. The summed E-state index contributed by atoms with van der Waals surface area (Å²) in [6.45, 7) is 7.02. The Morgan fingerprint density at radius 2 is 2.05 bits per heavy atom. The molecule has 0 aromatic carbocycles. The molecule has 1 aromatic heterocycles. The third kappa shape index (κ3) is 3.25. The van der Waals surface area contributed by atoms with Crippen molar-refractivity contribution >= 4 is 11.7 Å². The Labute approximate surface area is 120 Å². The predicted molar refractivity (Wildman–Crippen MR) is 78.3 cm³/mol. The van der Waals surface area contributed by atoms with Crippen LogP contribution in [0.2, 0.25) is 0 Å². The molecule has 110 valence electrons. The zero-order chi connectivity index (χ0) is 14.5. The molecule has 1 saturated heterocycles. The van der Waals surface area contributed by atoms with Crippen LogP contribution in [0.25, 0.3) is 0 Å². The molecular formula is C14H23N5O. The highest BCUT2D eigenvalue weighted by Gasteiger charge is 2.28. The van der Waals surface area contributed by atoms with Gasteiger partial charge in [-0.15, -0.1) is 0 Å². The van der Waals surface area contributed by atoms with E-state index in [9.17, 15) is 4.79 Å². The summed E-state index contributed by atoms with van der Waals surface area (Å²) in [7, 11) is 0. The maximum Gasteiger partial charge on any atom is 0.239 e. The number of nitrogens with zero attached hydrogens (tertiary/aromatic N) is 4. The van der Waals surface area contributed by atoms with E-state index in [0.717, 1.165) is 25.3 Å². The van der Waals surface area contributed by atoms with Crippen molar-refractivity contribution in [2.24, 2.45) is 11.7 Å². The van der Waals surface area contributed by atoms with E-state index in [4.69, 9.17) is 5.73 Å². The van der Waals surface area contributed by atoms with Gasteiger partial charge < -0.3 is 15.5 Å². The van der Waals surface area contributed by atoms with Crippen molar-refractivity contribution < 1.29 is 4.79 Å². The first-order valence-electron chi connectivity index (χ1n) is 7.18. The standard InChI is InChI=1S/C14H23N5O/c1-3-11(2)13(15)14(20)19-8-6-18(7-9-19)12-10-16-4-5-17-12/h4-5,10-11,13H,3,6-9,15H2,1-2H3/t11-,13-/m0/s1. The topological polar surface area (TPSA) is 75.4 Å². The molecule has 6 nitrogen and oxygen atoms in total. The second kappa shape index (κ2) is 6.65. The summed E-state index contributed by atoms with van der Waals surface area (Å²) in [4.78, 5) is 24.7. The average molecular weight is 277 g/mol.